The van der Waals surface area contributed by atoms with E-state index in [2.05, 4.69) is 20.6 Å². The van der Waals surface area contributed by atoms with Gasteiger partial charge in [0.05, 0.1) is 17.1 Å². The average Bonchev–Trinajstić information content (AvgIpc) is 3.41. The molecule has 0 saturated carbocycles. The SMILES string of the molecule is CN=C(NCc1ccc2c(c1)OCO2)NCc1coc(-c2cccs2)n1.I. The number of fused-ring (bicyclic) bond motifs is 1. The molecule has 27 heavy (non-hydrogen) atoms. The lowest BCUT2D eigenvalue weighted by molar-refractivity contribution is 0.174. The van der Waals surface area contributed by atoms with Crippen LogP contribution in [-0.2, 0) is 13.1 Å². The van der Waals surface area contributed by atoms with Crippen LogP contribution in [0.2, 0.25) is 0 Å². The molecule has 1 aliphatic rings. The fraction of sp³-hybridized carbons (Fsp3) is 0.222. The Balaban J connectivity index is 0.00000210. The second-order valence-corrected chi connectivity index (χ2v) is 6.54. The minimum absolute atomic E-state index is 0. The lowest BCUT2D eigenvalue weighted by atomic mass is 10.2. The van der Waals surface area contributed by atoms with Gasteiger partial charge in [0.15, 0.2) is 17.5 Å². The molecule has 0 amide bonds. The molecule has 0 aliphatic carbocycles. The van der Waals surface area contributed by atoms with Crippen LogP contribution in [0.3, 0.4) is 0 Å². The fourth-order valence-corrected chi connectivity index (χ4v) is 3.19. The lowest BCUT2D eigenvalue weighted by Gasteiger charge is -2.11. The molecule has 4 rings (SSSR count). The van der Waals surface area contributed by atoms with Crippen molar-refractivity contribution in [3.8, 4) is 22.3 Å². The number of hydrogen-bond acceptors (Lipinski definition) is 6. The summed E-state index contributed by atoms with van der Waals surface area (Å²) < 4.78 is 16.2. The highest BCUT2D eigenvalue weighted by molar-refractivity contribution is 14.0. The van der Waals surface area contributed by atoms with E-state index >= 15 is 0 Å². The number of nitrogens with zero attached hydrogens (tertiary/aromatic N) is 2. The van der Waals surface area contributed by atoms with Crippen molar-refractivity contribution in [3.05, 3.63) is 53.2 Å². The van der Waals surface area contributed by atoms with E-state index in [0.29, 0.717) is 24.9 Å². The highest BCUT2D eigenvalue weighted by atomic mass is 127. The van der Waals surface area contributed by atoms with Crippen LogP contribution in [-0.4, -0.2) is 24.8 Å². The van der Waals surface area contributed by atoms with Crippen molar-refractivity contribution in [3.63, 3.8) is 0 Å². The van der Waals surface area contributed by atoms with E-state index in [9.17, 15) is 0 Å². The third-order valence-corrected chi connectivity index (χ3v) is 4.70. The van der Waals surface area contributed by atoms with Crippen LogP contribution in [0, 0.1) is 0 Å². The Hall–Kier alpha value is -2.27. The van der Waals surface area contributed by atoms with E-state index < -0.39 is 0 Å². The number of rotatable bonds is 5. The standard InChI is InChI=1S/C18H18N4O3S.HI/c1-19-18(20-8-12-4-5-14-15(7-12)25-11-24-14)21-9-13-10-23-17(22-13)16-3-2-6-26-16;/h2-7,10H,8-9,11H2,1H3,(H2,19,20,21);1H. The highest BCUT2D eigenvalue weighted by Crippen LogP contribution is 2.32. The predicted octanol–water partition coefficient (Wildman–Crippen LogP) is 3.62. The molecule has 2 aromatic heterocycles. The highest BCUT2D eigenvalue weighted by Gasteiger charge is 2.13. The minimum Gasteiger partial charge on any atom is -0.454 e. The fourth-order valence-electron chi connectivity index (χ4n) is 2.53. The van der Waals surface area contributed by atoms with E-state index in [1.54, 1.807) is 24.6 Å². The van der Waals surface area contributed by atoms with E-state index in [4.69, 9.17) is 13.9 Å². The zero-order valence-corrected chi connectivity index (χ0v) is 17.7. The van der Waals surface area contributed by atoms with Crippen molar-refractivity contribution in [2.45, 2.75) is 13.1 Å². The van der Waals surface area contributed by atoms with Gasteiger partial charge in [-0.1, -0.05) is 12.1 Å². The lowest BCUT2D eigenvalue weighted by Crippen LogP contribution is -2.36. The zero-order chi connectivity index (χ0) is 17.8. The molecule has 0 atom stereocenters. The van der Waals surface area contributed by atoms with Gasteiger partial charge in [0, 0.05) is 13.6 Å². The van der Waals surface area contributed by atoms with Crippen LogP contribution >= 0.6 is 35.3 Å². The first-order valence-corrected chi connectivity index (χ1v) is 9.01. The molecule has 0 saturated heterocycles. The summed E-state index contributed by atoms with van der Waals surface area (Å²) in [7, 11) is 1.73. The predicted molar refractivity (Wildman–Crippen MR) is 115 cm³/mol. The molecule has 0 fully saturated rings. The van der Waals surface area contributed by atoms with E-state index in [1.165, 1.54) is 0 Å². The van der Waals surface area contributed by atoms with Gasteiger partial charge in [-0.15, -0.1) is 35.3 Å². The number of benzene rings is 1. The van der Waals surface area contributed by atoms with Crippen LogP contribution in [0.1, 0.15) is 11.3 Å². The maximum Gasteiger partial charge on any atom is 0.236 e. The summed E-state index contributed by atoms with van der Waals surface area (Å²) in [4.78, 5) is 9.73. The largest absolute Gasteiger partial charge is 0.454 e. The van der Waals surface area contributed by atoms with Gasteiger partial charge in [0.2, 0.25) is 12.7 Å². The van der Waals surface area contributed by atoms with Crippen LogP contribution in [0.15, 0.2) is 51.4 Å². The van der Waals surface area contributed by atoms with Gasteiger partial charge >= 0.3 is 0 Å². The second kappa shape index (κ2) is 9.09. The Morgan fingerprint density at radius 1 is 1.19 bits per heavy atom. The van der Waals surface area contributed by atoms with E-state index in [-0.39, 0.29) is 30.8 Å². The molecule has 2 N–H and O–H groups in total. The summed E-state index contributed by atoms with van der Waals surface area (Å²) in [5.41, 5.74) is 1.90. The first kappa shape index (κ1) is 19.5. The number of thiophene rings is 1. The summed E-state index contributed by atoms with van der Waals surface area (Å²) >= 11 is 1.60. The molecule has 0 unspecified atom stereocenters. The molecule has 1 aliphatic heterocycles. The second-order valence-electron chi connectivity index (χ2n) is 5.59. The number of halogens is 1. The van der Waals surface area contributed by atoms with Gasteiger partial charge in [-0.25, -0.2) is 4.98 Å². The Morgan fingerprint density at radius 3 is 2.85 bits per heavy atom. The number of aliphatic imine (C=N–C) groups is 1. The monoisotopic (exact) mass is 498 g/mol. The van der Waals surface area contributed by atoms with Crippen molar-refractivity contribution >= 4 is 41.3 Å². The molecule has 7 nitrogen and oxygen atoms in total. The number of aromatic nitrogens is 1. The quantitative estimate of drug-likeness (QED) is 0.318. The molecule has 9 heteroatoms. The van der Waals surface area contributed by atoms with Crippen LogP contribution in [0.4, 0.5) is 0 Å². The summed E-state index contributed by atoms with van der Waals surface area (Å²) in [5.74, 6) is 2.88. The first-order chi connectivity index (χ1) is 12.8. The van der Waals surface area contributed by atoms with Crippen LogP contribution in [0.5, 0.6) is 11.5 Å². The number of guanidine groups is 1. The smallest absolute Gasteiger partial charge is 0.236 e. The average molecular weight is 498 g/mol. The molecular weight excluding hydrogens is 479 g/mol. The summed E-state index contributed by atoms with van der Waals surface area (Å²) in [6.07, 6.45) is 1.66. The Labute approximate surface area is 177 Å². The normalized spacial score (nSPS) is 12.6. The van der Waals surface area contributed by atoms with Crippen molar-refractivity contribution in [1.29, 1.82) is 0 Å². The number of oxazole rings is 1. The number of nitrogens with one attached hydrogen (secondary N) is 2. The Kier molecular flexibility index (Phi) is 6.56. The van der Waals surface area contributed by atoms with Gasteiger partial charge in [-0.3, -0.25) is 4.99 Å². The van der Waals surface area contributed by atoms with Crippen molar-refractivity contribution in [1.82, 2.24) is 15.6 Å². The number of hydrogen-bond donors (Lipinski definition) is 2. The molecule has 3 aromatic rings. The Morgan fingerprint density at radius 2 is 2.04 bits per heavy atom. The summed E-state index contributed by atoms with van der Waals surface area (Å²) in [6.45, 7) is 1.42. The minimum atomic E-state index is 0. The summed E-state index contributed by atoms with van der Waals surface area (Å²) in [5, 5.41) is 8.50. The maximum absolute atomic E-state index is 5.52. The van der Waals surface area contributed by atoms with Gasteiger partial charge in [0.1, 0.15) is 6.26 Å². The van der Waals surface area contributed by atoms with Gasteiger partial charge in [-0.2, -0.15) is 0 Å². The molecule has 142 valence electrons. The van der Waals surface area contributed by atoms with E-state index in [0.717, 1.165) is 27.6 Å². The Bertz CT molecular complexity index is 911. The zero-order valence-electron chi connectivity index (χ0n) is 14.6. The molecule has 0 spiro atoms. The van der Waals surface area contributed by atoms with Crippen LogP contribution in [0.25, 0.3) is 10.8 Å². The van der Waals surface area contributed by atoms with Crippen molar-refractivity contribution < 1.29 is 13.9 Å². The number of ether oxygens (including phenoxy) is 2. The maximum atomic E-state index is 5.52. The van der Waals surface area contributed by atoms with E-state index in [1.807, 2.05) is 35.7 Å². The van der Waals surface area contributed by atoms with Crippen LogP contribution < -0.4 is 20.1 Å². The summed E-state index contributed by atoms with van der Waals surface area (Å²) in [6, 6.07) is 9.84. The van der Waals surface area contributed by atoms with Gasteiger partial charge in [0.25, 0.3) is 0 Å². The third-order valence-electron chi connectivity index (χ3n) is 3.84. The molecular formula is C18H19IN4O3S. The first-order valence-electron chi connectivity index (χ1n) is 8.13. The topological polar surface area (TPSA) is 80.9 Å². The van der Waals surface area contributed by atoms with Gasteiger partial charge in [-0.05, 0) is 29.1 Å². The molecule has 3 heterocycles. The van der Waals surface area contributed by atoms with Crippen molar-refractivity contribution in [2.24, 2.45) is 4.99 Å². The molecule has 1 aromatic carbocycles. The molecule has 0 bridgehead atoms. The van der Waals surface area contributed by atoms with Crippen molar-refractivity contribution in [2.75, 3.05) is 13.8 Å². The third kappa shape index (κ3) is 4.72. The van der Waals surface area contributed by atoms with Gasteiger partial charge < -0.3 is 24.5 Å². The molecule has 0 radical (unpaired) electrons.